The van der Waals surface area contributed by atoms with E-state index in [0.29, 0.717) is 25.0 Å². The summed E-state index contributed by atoms with van der Waals surface area (Å²) in [6, 6.07) is 7.41. The van der Waals surface area contributed by atoms with Crippen LogP contribution in [0.1, 0.15) is 38.7 Å². The third-order valence-corrected chi connectivity index (χ3v) is 3.88. The van der Waals surface area contributed by atoms with Crippen LogP contribution in [0.3, 0.4) is 0 Å². The molecule has 2 atom stereocenters. The maximum absolute atomic E-state index is 11.6. The van der Waals surface area contributed by atoms with Crippen molar-refractivity contribution in [1.29, 1.82) is 0 Å². The van der Waals surface area contributed by atoms with E-state index in [1.165, 1.54) is 0 Å². The van der Waals surface area contributed by atoms with E-state index in [1.54, 1.807) is 6.07 Å². The van der Waals surface area contributed by atoms with Gasteiger partial charge in [0.25, 0.3) is 0 Å². The highest BCUT2D eigenvalue weighted by Gasteiger charge is 2.46. The first-order valence-corrected chi connectivity index (χ1v) is 7.33. The topological polar surface area (TPSA) is 78.8 Å². The van der Waals surface area contributed by atoms with Gasteiger partial charge in [-0.25, -0.2) is 0 Å². The fourth-order valence-corrected chi connectivity index (χ4v) is 2.97. The fourth-order valence-electron chi connectivity index (χ4n) is 2.97. The maximum Gasteiger partial charge on any atom is 0.324 e. The van der Waals surface area contributed by atoms with Crippen LogP contribution in [0, 0.1) is 0 Å². The molecule has 116 valence electrons. The van der Waals surface area contributed by atoms with Crippen LogP contribution < -0.4 is 10.1 Å². The normalized spacial score (nSPS) is 25.2. The molecule has 1 fully saturated rings. The Morgan fingerprint density at radius 2 is 2.19 bits per heavy atom. The van der Waals surface area contributed by atoms with E-state index in [2.05, 4.69) is 5.32 Å². The van der Waals surface area contributed by atoms with Gasteiger partial charge < -0.3 is 14.9 Å². The average molecular weight is 293 g/mol. The van der Waals surface area contributed by atoms with Gasteiger partial charge in [-0.2, -0.15) is 0 Å². The van der Waals surface area contributed by atoms with Gasteiger partial charge in [-0.15, -0.1) is 0 Å². The largest absolute Gasteiger partial charge is 0.490 e. The van der Waals surface area contributed by atoms with Gasteiger partial charge in [0.05, 0.1) is 6.61 Å². The first-order valence-electron chi connectivity index (χ1n) is 7.33. The number of rotatable bonds is 6. The van der Waals surface area contributed by atoms with Crippen molar-refractivity contribution in [2.24, 2.45) is 0 Å². The van der Waals surface area contributed by atoms with Crippen molar-refractivity contribution < 1.29 is 19.7 Å². The lowest BCUT2D eigenvalue weighted by Crippen LogP contribution is -2.53. The number of hydrogen-bond acceptors (Lipinski definition) is 4. The van der Waals surface area contributed by atoms with Crippen molar-refractivity contribution in [2.45, 2.75) is 57.4 Å². The van der Waals surface area contributed by atoms with E-state index in [-0.39, 0.29) is 18.8 Å². The van der Waals surface area contributed by atoms with Gasteiger partial charge in [0.2, 0.25) is 0 Å². The molecule has 1 aromatic carbocycles. The van der Waals surface area contributed by atoms with Crippen molar-refractivity contribution in [3.8, 4) is 5.75 Å². The van der Waals surface area contributed by atoms with Crippen LogP contribution in [0.15, 0.2) is 24.3 Å². The molecule has 5 nitrogen and oxygen atoms in total. The van der Waals surface area contributed by atoms with Crippen molar-refractivity contribution in [3.05, 3.63) is 29.8 Å². The number of benzene rings is 1. The zero-order valence-corrected chi connectivity index (χ0v) is 12.5. The highest BCUT2D eigenvalue weighted by molar-refractivity contribution is 5.79. The minimum absolute atomic E-state index is 0.0861. The van der Waals surface area contributed by atoms with E-state index < -0.39 is 11.5 Å². The molecule has 0 aromatic heterocycles. The summed E-state index contributed by atoms with van der Waals surface area (Å²) in [4.78, 5) is 11.6. The molecule has 1 saturated carbocycles. The number of para-hydroxylation sites is 1. The summed E-state index contributed by atoms with van der Waals surface area (Å²) in [5, 5.41) is 22.0. The van der Waals surface area contributed by atoms with Gasteiger partial charge in [-0.05, 0) is 32.8 Å². The molecule has 0 radical (unpaired) electrons. The molecule has 2 rings (SSSR count). The lowest BCUT2D eigenvalue weighted by molar-refractivity contribution is -0.145. The number of nitrogens with one attached hydrogen (secondary N) is 1. The lowest BCUT2D eigenvalue weighted by atomic mass is 9.96. The number of ether oxygens (including phenoxy) is 1. The number of carboxylic acids is 1. The number of aliphatic hydroxyl groups is 1. The number of hydrogen-bond donors (Lipinski definition) is 3. The first-order chi connectivity index (χ1) is 9.97. The Bertz CT molecular complexity index is 503. The number of carbonyl (C=O) groups is 1. The van der Waals surface area contributed by atoms with Crippen LogP contribution in [0.25, 0.3) is 0 Å². The molecule has 0 bridgehead atoms. The molecule has 0 aliphatic heterocycles. The molecular weight excluding hydrogens is 270 g/mol. The summed E-state index contributed by atoms with van der Waals surface area (Å²) in [6.45, 7) is 3.80. The van der Waals surface area contributed by atoms with E-state index in [0.717, 1.165) is 5.56 Å². The second kappa shape index (κ2) is 6.45. The van der Waals surface area contributed by atoms with E-state index in [1.807, 2.05) is 32.0 Å². The van der Waals surface area contributed by atoms with Crippen LogP contribution in [0.4, 0.5) is 0 Å². The summed E-state index contributed by atoms with van der Waals surface area (Å²) in [5.41, 5.74) is -0.186. The first kappa shape index (κ1) is 15.8. The quantitative estimate of drug-likeness (QED) is 0.747. The molecule has 3 N–H and O–H groups in total. The van der Waals surface area contributed by atoms with Crippen molar-refractivity contribution in [2.75, 3.05) is 0 Å². The van der Waals surface area contributed by atoms with E-state index >= 15 is 0 Å². The molecule has 0 heterocycles. The van der Waals surface area contributed by atoms with Gasteiger partial charge in [0.15, 0.2) is 0 Å². The molecule has 2 unspecified atom stereocenters. The maximum atomic E-state index is 11.6. The van der Waals surface area contributed by atoms with Gasteiger partial charge >= 0.3 is 5.97 Å². The molecular formula is C16H23NO4. The molecule has 1 aliphatic carbocycles. The molecule has 0 amide bonds. The molecule has 1 aromatic rings. The molecule has 21 heavy (non-hydrogen) atoms. The average Bonchev–Trinajstić information content (AvgIpc) is 2.83. The predicted molar refractivity (Wildman–Crippen MR) is 79.3 cm³/mol. The Labute approximate surface area is 124 Å². The van der Waals surface area contributed by atoms with Crippen LogP contribution in [0.5, 0.6) is 5.75 Å². The van der Waals surface area contributed by atoms with E-state index in [9.17, 15) is 15.0 Å². The van der Waals surface area contributed by atoms with Gasteiger partial charge in [0, 0.05) is 18.0 Å². The van der Waals surface area contributed by atoms with Gasteiger partial charge in [0.1, 0.15) is 17.4 Å². The number of aliphatic carboxylic acids is 1. The van der Waals surface area contributed by atoms with Crippen molar-refractivity contribution in [1.82, 2.24) is 5.32 Å². The predicted octanol–water partition coefficient (Wildman–Crippen LogP) is 1.93. The summed E-state index contributed by atoms with van der Waals surface area (Å²) >= 11 is 0. The van der Waals surface area contributed by atoms with Gasteiger partial charge in [-0.1, -0.05) is 18.2 Å². The number of aliphatic hydroxyl groups excluding tert-OH is 1. The Balaban J connectivity index is 2.09. The summed E-state index contributed by atoms with van der Waals surface area (Å²) in [7, 11) is 0. The van der Waals surface area contributed by atoms with Crippen molar-refractivity contribution in [3.63, 3.8) is 0 Å². The molecule has 1 aliphatic rings. The Hall–Kier alpha value is -1.59. The Morgan fingerprint density at radius 1 is 1.48 bits per heavy atom. The second-order valence-corrected chi connectivity index (χ2v) is 5.93. The lowest BCUT2D eigenvalue weighted by Gasteiger charge is -2.28. The second-order valence-electron chi connectivity index (χ2n) is 5.93. The fraction of sp³-hybridized carbons (Fsp3) is 0.562. The zero-order valence-electron chi connectivity index (χ0n) is 12.5. The van der Waals surface area contributed by atoms with Crippen LogP contribution in [-0.4, -0.2) is 33.9 Å². The summed E-state index contributed by atoms with van der Waals surface area (Å²) in [6.07, 6.45) is 1.51. The van der Waals surface area contributed by atoms with Crippen molar-refractivity contribution >= 4 is 5.97 Å². The standard InChI is InChI=1S/C16H23NO4/c1-11(2)17-16(15(19)20)8-7-13(9-16)21-14-6-4-3-5-12(14)10-18/h3-6,11,13,17-18H,7-10H2,1-2H3,(H,19,20). The summed E-state index contributed by atoms with van der Waals surface area (Å²) in [5.74, 6) is -0.187. The smallest absolute Gasteiger partial charge is 0.324 e. The highest BCUT2D eigenvalue weighted by Crippen LogP contribution is 2.34. The van der Waals surface area contributed by atoms with Gasteiger partial charge in [-0.3, -0.25) is 10.1 Å². The van der Waals surface area contributed by atoms with Crippen LogP contribution in [0.2, 0.25) is 0 Å². The summed E-state index contributed by atoms with van der Waals surface area (Å²) < 4.78 is 5.92. The molecule has 0 spiro atoms. The number of carboxylic acid groups (broad SMARTS) is 1. The zero-order chi connectivity index (χ0) is 15.5. The SMILES string of the molecule is CC(C)NC1(C(=O)O)CCC(Oc2ccccc2CO)C1. The van der Waals surface area contributed by atoms with Crippen LogP contribution in [-0.2, 0) is 11.4 Å². The Morgan fingerprint density at radius 3 is 2.81 bits per heavy atom. The molecule has 0 saturated heterocycles. The van der Waals surface area contributed by atoms with E-state index in [4.69, 9.17) is 4.74 Å². The third-order valence-electron chi connectivity index (χ3n) is 3.88. The monoisotopic (exact) mass is 293 g/mol. The highest BCUT2D eigenvalue weighted by atomic mass is 16.5. The third kappa shape index (κ3) is 3.54. The van der Waals surface area contributed by atoms with Crippen LogP contribution >= 0.6 is 0 Å². The minimum Gasteiger partial charge on any atom is -0.490 e. The minimum atomic E-state index is -0.910. The Kier molecular flexibility index (Phi) is 4.85. The molecule has 5 heteroatoms.